The monoisotopic (exact) mass is 370 g/mol. The van der Waals surface area contributed by atoms with Crippen LogP contribution >= 0.6 is 11.6 Å². The quantitative estimate of drug-likeness (QED) is 0.693. The van der Waals surface area contributed by atoms with Gasteiger partial charge in [0.05, 0.1) is 10.7 Å². The summed E-state index contributed by atoms with van der Waals surface area (Å²) in [6.45, 7) is 5.58. The third-order valence-corrected chi connectivity index (χ3v) is 4.28. The van der Waals surface area contributed by atoms with Crippen molar-refractivity contribution in [3.8, 4) is 0 Å². The molecule has 2 aromatic carbocycles. The second-order valence-electron chi connectivity index (χ2n) is 6.33. The molecule has 134 valence electrons. The van der Waals surface area contributed by atoms with E-state index in [0.717, 1.165) is 10.9 Å². The Hall–Kier alpha value is -2.79. The number of carbonyl (C=O) groups is 2. The Morgan fingerprint density at radius 2 is 1.81 bits per heavy atom. The first-order valence-electron chi connectivity index (χ1n) is 8.26. The summed E-state index contributed by atoms with van der Waals surface area (Å²) in [4.78, 5) is 24.8. The van der Waals surface area contributed by atoms with Crippen molar-refractivity contribution in [2.45, 2.75) is 26.8 Å². The van der Waals surface area contributed by atoms with E-state index in [-0.39, 0.29) is 17.7 Å². The van der Waals surface area contributed by atoms with Gasteiger partial charge in [-0.1, -0.05) is 29.8 Å². The highest BCUT2D eigenvalue weighted by atomic mass is 35.5. The molecule has 0 atom stereocenters. The summed E-state index contributed by atoms with van der Waals surface area (Å²) in [5.74, 6) is -0.423. The molecule has 0 bridgehead atoms. The molecule has 1 heterocycles. The van der Waals surface area contributed by atoms with Crippen LogP contribution in [0.25, 0.3) is 11.0 Å². The highest BCUT2D eigenvalue weighted by molar-refractivity contribution is 6.34. The molecule has 0 aliphatic rings. The van der Waals surface area contributed by atoms with Crippen LogP contribution in [-0.2, 0) is 0 Å². The summed E-state index contributed by atoms with van der Waals surface area (Å²) >= 11 is 6.18. The molecule has 0 fully saturated rings. The average Bonchev–Trinajstić information content (AvgIpc) is 2.93. The fourth-order valence-corrected chi connectivity index (χ4v) is 2.84. The maximum Gasteiger partial charge on any atom is 0.291 e. The minimum Gasteiger partial charge on any atom is -0.451 e. The van der Waals surface area contributed by atoms with Crippen molar-refractivity contribution >= 4 is 40.1 Å². The minimum absolute atomic E-state index is 0.00872. The van der Waals surface area contributed by atoms with E-state index in [4.69, 9.17) is 16.0 Å². The maximum absolute atomic E-state index is 12.7. The first-order chi connectivity index (χ1) is 12.4. The van der Waals surface area contributed by atoms with Crippen molar-refractivity contribution in [3.63, 3.8) is 0 Å². The molecular formula is C20H19ClN2O3. The highest BCUT2D eigenvalue weighted by Crippen LogP contribution is 2.28. The van der Waals surface area contributed by atoms with Gasteiger partial charge < -0.3 is 15.1 Å². The number of rotatable bonds is 4. The van der Waals surface area contributed by atoms with Crippen molar-refractivity contribution in [2.75, 3.05) is 5.32 Å². The number of carbonyl (C=O) groups excluding carboxylic acids is 2. The Kier molecular flexibility index (Phi) is 5.00. The average molecular weight is 371 g/mol. The summed E-state index contributed by atoms with van der Waals surface area (Å²) in [6, 6.07) is 12.2. The predicted molar refractivity (Wildman–Crippen MR) is 103 cm³/mol. The first-order valence-corrected chi connectivity index (χ1v) is 8.64. The van der Waals surface area contributed by atoms with E-state index < -0.39 is 5.91 Å². The van der Waals surface area contributed by atoms with Gasteiger partial charge in [0, 0.05) is 22.6 Å². The number of hydrogen-bond acceptors (Lipinski definition) is 3. The lowest BCUT2D eigenvalue weighted by Gasteiger charge is -2.11. The van der Waals surface area contributed by atoms with Gasteiger partial charge in [-0.3, -0.25) is 9.59 Å². The molecule has 0 saturated carbocycles. The number of hydrogen-bond donors (Lipinski definition) is 2. The zero-order chi connectivity index (χ0) is 18.8. The molecule has 0 aliphatic carbocycles. The van der Waals surface area contributed by atoms with Gasteiger partial charge in [0.1, 0.15) is 5.58 Å². The molecule has 0 spiro atoms. The molecule has 0 aliphatic heterocycles. The molecule has 3 aromatic rings. The Balaban J connectivity index is 1.89. The summed E-state index contributed by atoms with van der Waals surface area (Å²) in [5.41, 5.74) is 2.17. The van der Waals surface area contributed by atoms with Gasteiger partial charge in [-0.2, -0.15) is 0 Å². The smallest absolute Gasteiger partial charge is 0.291 e. The number of aryl methyl sites for hydroxylation is 1. The molecule has 2 N–H and O–H groups in total. The van der Waals surface area contributed by atoms with Gasteiger partial charge in [0.15, 0.2) is 5.76 Å². The van der Waals surface area contributed by atoms with E-state index in [1.54, 1.807) is 18.2 Å². The van der Waals surface area contributed by atoms with Gasteiger partial charge in [0.25, 0.3) is 11.8 Å². The van der Waals surface area contributed by atoms with Crippen LogP contribution in [0.4, 0.5) is 5.69 Å². The zero-order valence-corrected chi connectivity index (χ0v) is 15.5. The van der Waals surface area contributed by atoms with Crippen LogP contribution < -0.4 is 10.6 Å². The molecule has 5 nitrogen and oxygen atoms in total. The number of nitrogens with one attached hydrogen (secondary N) is 2. The minimum atomic E-state index is -0.415. The largest absolute Gasteiger partial charge is 0.451 e. The third kappa shape index (κ3) is 3.58. The van der Waals surface area contributed by atoms with Gasteiger partial charge in [-0.05, 0) is 45.0 Å². The molecule has 3 rings (SSSR count). The molecule has 2 amide bonds. The normalized spacial score (nSPS) is 11.0. The number of fused-ring (bicyclic) bond motifs is 1. The third-order valence-electron chi connectivity index (χ3n) is 3.95. The molecule has 0 saturated heterocycles. The number of anilines is 1. The van der Waals surface area contributed by atoms with Gasteiger partial charge >= 0.3 is 0 Å². The topological polar surface area (TPSA) is 71.3 Å². The van der Waals surface area contributed by atoms with E-state index in [1.807, 2.05) is 45.0 Å². The van der Waals surface area contributed by atoms with Crippen LogP contribution in [0.5, 0.6) is 0 Å². The molecule has 1 aromatic heterocycles. The Bertz CT molecular complexity index is 992. The van der Waals surface area contributed by atoms with E-state index in [1.165, 1.54) is 0 Å². The van der Waals surface area contributed by atoms with Crippen LogP contribution in [0.1, 0.15) is 40.3 Å². The van der Waals surface area contributed by atoms with Crippen LogP contribution in [0.2, 0.25) is 5.02 Å². The Morgan fingerprint density at radius 1 is 1.08 bits per heavy atom. The van der Waals surface area contributed by atoms with Crippen LogP contribution in [0, 0.1) is 6.92 Å². The number of amides is 2. The van der Waals surface area contributed by atoms with Crippen molar-refractivity contribution < 1.29 is 14.0 Å². The Morgan fingerprint density at radius 3 is 2.50 bits per heavy atom. The van der Waals surface area contributed by atoms with Crippen molar-refractivity contribution in [1.82, 2.24) is 5.32 Å². The lowest BCUT2D eigenvalue weighted by Crippen LogP contribution is -2.30. The van der Waals surface area contributed by atoms with E-state index in [9.17, 15) is 9.59 Å². The highest BCUT2D eigenvalue weighted by Gasteiger charge is 2.19. The second-order valence-corrected chi connectivity index (χ2v) is 6.74. The van der Waals surface area contributed by atoms with E-state index in [0.29, 0.717) is 21.9 Å². The fraction of sp³-hybridized carbons (Fsp3) is 0.200. The lowest BCUT2D eigenvalue weighted by atomic mass is 10.1. The zero-order valence-electron chi connectivity index (χ0n) is 14.7. The predicted octanol–water partition coefficient (Wildman–Crippen LogP) is 4.79. The standard InChI is InChI=1S/C20H19ClN2O3/c1-11(2)22-19(24)13-8-9-15(21)16(10-13)23-20(25)18-12(3)14-6-4-5-7-17(14)26-18/h4-11H,1-3H3,(H,22,24)(H,23,25). The second kappa shape index (κ2) is 7.22. The van der Waals surface area contributed by atoms with E-state index >= 15 is 0 Å². The molecule has 26 heavy (non-hydrogen) atoms. The number of para-hydroxylation sites is 1. The maximum atomic E-state index is 12.7. The van der Waals surface area contributed by atoms with Crippen LogP contribution in [-0.4, -0.2) is 17.9 Å². The van der Waals surface area contributed by atoms with Gasteiger partial charge in [-0.25, -0.2) is 0 Å². The summed E-state index contributed by atoms with van der Waals surface area (Å²) < 4.78 is 5.67. The molecule has 6 heteroatoms. The van der Waals surface area contributed by atoms with Crippen molar-refractivity contribution in [1.29, 1.82) is 0 Å². The summed E-state index contributed by atoms with van der Waals surface area (Å²) in [6.07, 6.45) is 0. The molecule has 0 radical (unpaired) electrons. The lowest BCUT2D eigenvalue weighted by molar-refractivity contribution is 0.0941. The number of halogens is 1. The van der Waals surface area contributed by atoms with Crippen LogP contribution in [0.15, 0.2) is 46.9 Å². The van der Waals surface area contributed by atoms with Crippen LogP contribution in [0.3, 0.4) is 0 Å². The summed E-state index contributed by atoms with van der Waals surface area (Å²) in [5, 5.41) is 6.76. The summed E-state index contributed by atoms with van der Waals surface area (Å²) in [7, 11) is 0. The van der Waals surface area contributed by atoms with Crippen molar-refractivity contribution in [3.05, 3.63) is 64.4 Å². The van der Waals surface area contributed by atoms with E-state index in [2.05, 4.69) is 10.6 Å². The van der Waals surface area contributed by atoms with Gasteiger partial charge in [0.2, 0.25) is 0 Å². The van der Waals surface area contributed by atoms with Crippen molar-refractivity contribution in [2.24, 2.45) is 0 Å². The molecule has 0 unspecified atom stereocenters. The number of benzene rings is 2. The van der Waals surface area contributed by atoms with Gasteiger partial charge in [-0.15, -0.1) is 0 Å². The first kappa shape index (κ1) is 18.0. The SMILES string of the molecule is Cc1c(C(=O)Nc2cc(C(=O)NC(C)C)ccc2Cl)oc2ccccc12. The molecular weight excluding hydrogens is 352 g/mol. The Labute approximate surface area is 156 Å². The fourth-order valence-electron chi connectivity index (χ4n) is 2.68. The number of furan rings is 1.